The monoisotopic (exact) mass is 413 g/mol. The molecule has 1 fully saturated rings. The standard InChI is InChI=1S/C21H28N6O3/c1-3-25(15-19(28)24-17-7-4-5-8-18(17)30-2)16-20(29)26-11-13-27(14-12-26)21-22-9-6-10-23-21/h4-10H,3,11-16H2,1-2H3,(H,24,28)/p+1. The van der Waals surface area contributed by atoms with Gasteiger partial charge in [0.25, 0.3) is 11.8 Å². The zero-order chi connectivity index (χ0) is 21.3. The molecule has 1 aliphatic rings. The van der Waals surface area contributed by atoms with Gasteiger partial charge in [-0.2, -0.15) is 0 Å². The summed E-state index contributed by atoms with van der Waals surface area (Å²) in [5.41, 5.74) is 0.631. The second kappa shape index (κ2) is 10.5. The van der Waals surface area contributed by atoms with Crippen LogP contribution in [0.25, 0.3) is 0 Å². The first-order valence-electron chi connectivity index (χ1n) is 10.2. The van der Waals surface area contributed by atoms with Gasteiger partial charge in [-0.3, -0.25) is 9.59 Å². The summed E-state index contributed by atoms with van der Waals surface area (Å²) in [5, 5.41) is 2.87. The predicted octanol–water partition coefficient (Wildman–Crippen LogP) is -0.323. The number of hydrogen-bond donors (Lipinski definition) is 2. The first-order chi connectivity index (χ1) is 14.6. The van der Waals surface area contributed by atoms with E-state index < -0.39 is 0 Å². The summed E-state index contributed by atoms with van der Waals surface area (Å²) in [6, 6.07) is 9.06. The van der Waals surface area contributed by atoms with Crippen molar-refractivity contribution >= 4 is 23.5 Å². The van der Waals surface area contributed by atoms with Crippen LogP contribution in [0.15, 0.2) is 42.7 Å². The third kappa shape index (κ3) is 5.66. The van der Waals surface area contributed by atoms with E-state index in [1.807, 2.05) is 24.0 Å². The molecule has 0 saturated carbocycles. The molecule has 3 rings (SSSR count). The van der Waals surface area contributed by atoms with Crippen LogP contribution in [0.5, 0.6) is 5.75 Å². The highest BCUT2D eigenvalue weighted by Gasteiger charge is 2.26. The van der Waals surface area contributed by atoms with Crippen molar-refractivity contribution in [2.45, 2.75) is 6.92 Å². The largest absolute Gasteiger partial charge is 0.495 e. The molecule has 9 heteroatoms. The summed E-state index contributed by atoms with van der Waals surface area (Å²) in [6.07, 6.45) is 3.44. The fourth-order valence-electron chi connectivity index (χ4n) is 3.42. The van der Waals surface area contributed by atoms with Crippen molar-refractivity contribution in [2.75, 3.05) is 63.1 Å². The Kier molecular flexibility index (Phi) is 7.56. The number of nitrogens with zero attached hydrogens (tertiary/aromatic N) is 4. The third-order valence-electron chi connectivity index (χ3n) is 5.16. The average Bonchev–Trinajstić information content (AvgIpc) is 2.79. The minimum Gasteiger partial charge on any atom is -0.495 e. The summed E-state index contributed by atoms with van der Waals surface area (Å²) in [5.74, 6) is 1.22. The number of likely N-dealkylation sites (N-methyl/N-ethyl adjacent to an activating group) is 1. The molecule has 0 radical (unpaired) electrons. The molecule has 1 aliphatic heterocycles. The fourth-order valence-corrected chi connectivity index (χ4v) is 3.42. The highest BCUT2D eigenvalue weighted by Crippen LogP contribution is 2.22. The number of anilines is 2. The van der Waals surface area contributed by atoms with Gasteiger partial charge in [-0.15, -0.1) is 0 Å². The molecule has 160 valence electrons. The first-order valence-corrected chi connectivity index (χ1v) is 10.2. The molecule has 1 unspecified atom stereocenters. The van der Waals surface area contributed by atoms with Gasteiger partial charge in [-0.25, -0.2) is 9.97 Å². The van der Waals surface area contributed by atoms with E-state index in [0.29, 0.717) is 50.1 Å². The number of methoxy groups -OCH3 is 1. The van der Waals surface area contributed by atoms with Crippen LogP contribution in [0.4, 0.5) is 11.6 Å². The van der Waals surface area contributed by atoms with Crippen LogP contribution in [-0.2, 0) is 9.59 Å². The predicted molar refractivity (Wildman–Crippen MR) is 114 cm³/mol. The molecule has 0 spiro atoms. The number of nitrogens with one attached hydrogen (secondary N) is 2. The van der Waals surface area contributed by atoms with Gasteiger partial charge >= 0.3 is 0 Å². The molecular formula is C21H29N6O3+. The van der Waals surface area contributed by atoms with Crippen LogP contribution in [0, 0.1) is 0 Å². The van der Waals surface area contributed by atoms with Gasteiger partial charge in [0.05, 0.1) is 19.3 Å². The number of carbonyl (C=O) groups excluding carboxylic acids is 2. The number of hydrogen-bond acceptors (Lipinski definition) is 6. The Bertz CT molecular complexity index is 840. The molecule has 2 aromatic rings. The Balaban J connectivity index is 1.48. The Labute approximate surface area is 176 Å². The molecule has 1 aromatic carbocycles. The van der Waals surface area contributed by atoms with E-state index in [-0.39, 0.29) is 24.9 Å². The van der Waals surface area contributed by atoms with E-state index >= 15 is 0 Å². The summed E-state index contributed by atoms with van der Waals surface area (Å²) >= 11 is 0. The third-order valence-corrected chi connectivity index (χ3v) is 5.16. The number of piperazine rings is 1. The maximum Gasteiger partial charge on any atom is 0.279 e. The second-order valence-electron chi connectivity index (χ2n) is 7.12. The highest BCUT2D eigenvalue weighted by molar-refractivity contribution is 5.93. The van der Waals surface area contributed by atoms with Crippen molar-refractivity contribution < 1.29 is 19.2 Å². The van der Waals surface area contributed by atoms with Gasteiger partial charge in [0.1, 0.15) is 5.75 Å². The van der Waals surface area contributed by atoms with Gasteiger partial charge in [0, 0.05) is 38.6 Å². The van der Waals surface area contributed by atoms with E-state index in [0.717, 1.165) is 4.90 Å². The van der Waals surface area contributed by atoms with E-state index in [2.05, 4.69) is 20.2 Å². The van der Waals surface area contributed by atoms with Crippen molar-refractivity contribution in [1.29, 1.82) is 0 Å². The summed E-state index contributed by atoms with van der Waals surface area (Å²) in [4.78, 5) is 38.6. The Hall–Kier alpha value is -3.20. The quantitative estimate of drug-likeness (QED) is 0.616. The van der Waals surface area contributed by atoms with Crippen LogP contribution in [-0.4, -0.2) is 79.6 Å². The van der Waals surface area contributed by atoms with Gasteiger partial charge in [-0.1, -0.05) is 12.1 Å². The van der Waals surface area contributed by atoms with Crippen molar-refractivity contribution in [3.63, 3.8) is 0 Å². The zero-order valence-corrected chi connectivity index (χ0v) is 17.5. The number of quaternary nitrogens is 1. The SMILES string of the molecule is CC[NH+](CC(=O)Nc1ccccc1OC)CC(=O)N1CCN(c2ncccn2)CC1. The average molecular weight is 414 g/mol. The van der Waals surface area contributed by atoms with Crippen LogP contribution in [0.2, 0.25) is 0 Å². The molecule has 2 amide bonds. The number of para-hydroxylation sites is 2. The lowest BCUT2D eigenvalue weighted by Gasteiger charge is -2.35. The zero-order valence-electron chi connectivity index (χ0n) is 17.5. The molecule has 1 atom stereocenters. The fraction of sp³-hybridized carbons (Fsp3) is 0.429. The summed E-state index contributed by atoms with van der Waals surface area (Å²) in [6.45, 7) is 5.82. The number of ether oxygens (including phenoxy) is 1. The van der Waals surface area contributed by atoms with Crippen molar-refractivity contribution in [2.24, 2.45) is 0 Å². The van der Waals surface area contributed by atoms with Gasteiger partial charge in [0.2, 0.25) is 5.95 Å². The molecule has 0 aliphatic carbocycles. The molecular weight excluding hydrogens is 384 g/mol. The minimum absolute atomic E-state index is 0.0607. The lowest BCUT2D eigenvalue weighted by molar-refractivity contribution is -0.882. The number of carbonyl (C=O) groups is 2. The summed E-state index contributed by atoms with van der Waals surface area (Å²) < 4.78 is 5.27. The number of amides is 2. The Morgan fingerprint density at radius 3 is 2.43 bits per heavy atom. The second-order valence-corrected chi connectivity index (χ2v) is 7.12. The van der Waals surface area contributed by atoms with Gasteiger partial charge in [0.15, 0.2) is 13.1 Å². The molecule has 0 bridgehead atoms. The van der Waals surface area contributed by atoms with Crippen molar-refractivity contribution in [3.8, 4) is 5.75 Å². The van der Waals surface area contributed by atoms with E-state index in [9.17, 15) is 9.59 Å². The molecule has 2 heterocycles. The normalized spacial score (nSPS) is 14.9. The van der Waals surface area contributed by atoms with Crippen molar-refractivity contribution in [1.82, 2.24) is 14.9 Å². The van der Waals surface area contributed by atoms with Crippen LogP contribution >= 0.6 is 0 Å². The van der Waals surface area contributed by atoms with E-state index in [4.69, 9.17) is 4.74 Å². The Morgan fingerprint density at radius 2 is 1.77 bits per heavy atom. The van der Waals surface area contributed by atoms with E-state index in [1.54, 1.807) is 37.7 Å². The lowest BCUT2D eigenvalue weighted by Crippen LogP contribution is -3.14. The van der Waals surface area contributed by atoms with Crippen LogP contribution in [0.3, 0.4) is 0 Å². The number of rotatable bonds is 8. The number of aromatic nitrogens is 2. The molecule has 30 heavy (non-hydrogen) atoms. The van der Waals surface area contributed by atoms with E-state index in [1.165, 1.54) is 0 Å². The molecule has 2 N–H and O–H groups in total. The van der Waals surface area contributed by atoms with Crippen LogP contribution in [0.1, 0.15) is 6.92 Å². The molecule has 1 saturated heterocycles. The first kappa shape index (κ1) is 21.5. The maximum atomic E-state index is 12.8. The number of benzene rings is 1. The Morgan fingerprint density at radius 1 is 1.07 bits per heavy atom. The highest BCUT2D eigenvalue weighted by atomic mass is 16.5. The lowest BCUT2D eigenvalue weighted by atomic mass is 10.3. The molecule has 9 nitrogen and oxygen atoms in total. The summed E-state index contributed by atoms with van der Waals surface area (Å²) in [7, 11) is 1.57. The smallest absolute Gasteiger partial charge is 0.279 e. The van der Waals surface area contributed by atoms with Crippen molar-refractivity contribution in [3.05, 3.63) is 42.7 Å². The maximum absolute atomic E-state index is 12.8. The minimum atomic E-state index is -0.143. The topological polar surface area (TPSA) is 92.1 Å². The van der Waals surface area contributed by atoms with Gasteiger partial charge in [-0.05, 0) is 25.1 Å². The molecule has 1 aromatic heterocycles. The van der Waals surface area contributed by atoms with Gasteiger partial charge < -0.3 is 24.8 Å². The van der Waals surface area contributed by atoms with Crippen LogP contribution < -0.4 is 19.9 Å².